The van der Waals surface area contributed by atoms with Gasteiger partial charge in [-0.05, 0) is 56.3 Å². The number of halogens is 3. The number of ether oxygens (including phenoxy) is 2. The van der Waals surface area contributed by atoms with E-state index in [0.717, 1.165) is 23.9 Å². The summed E-state index contributed by atoms with van der Waals surface area (Å²) < 4.78 is 51.4. The van der Waals surface area contributed by atoms with E-state index < -0.39 is 23.8 Å². The monoisotopic (exact) mass is 480 g/mol. The highest BCUT2D eigenvalue weighted by Gasteiger charge is 2.30. The quantitative estimate of drug-likeness (QED) is 0.425. The molecule has 176 valence electrons. The van der Waals surface area contributed by atoms with Crippen LogP contribution in [0, 0.1) is 0 Å². The maximum Gasteiger partial charge on any atom is 0.416 e. The Morgan fingerprint density at radius 3 is 2.48 bits per heavy atom. The van der Waals surface area contributed by atoms with Gasteiger partial charge in [0.05, 0.1) is 18.4 Å². The fourth-order valence-electron chi connectivity index (χ4n) is 3.02. The predicted molar refractivity (Wildman–Crippen MR) is 119 cm³/mol. The Kier molecular flexibility index (Phi) is 7.85. The van der Waals surface area contributed by atoms with Gasteiger partial charge in [0.2, 0.25) is 5.91 Å². The summed E-state index contributed by atoms with van der Waals surface area (Å²) in [6, 6.07) is 11.6. The van der Waals surface area contributed by atoms with Crippen molar-refractivity contribution in [1.82, 2.24) is 14.8 Å². The predicted octanol–water partition coefficient (Wildman–Crippen LogP) is 5.20. The molecule has 0 bridgehead atoms. The number of aromatic nitrogens is 3. The molecule has 11 heteroatoms. The minimum Gasteiger partial charge on any atom is -0.497 e. The summed E-state index contributed by atoms with van der Waals surface area (Å²) in [6.45, 7) is 4.31. The third kappa shape index (κ3) is 6.41. The summed E-state index contributed by atoms with van der Waals surface area (Å²) in [5.74, 6) is 1.46. The van der Waals surface area contributed by atoms with Crippen molar-refractivity contribution in [3.05, 3.63) is 59.9 Å². The number of carbonyl (C=O) groups excluding carboxylic acids is 1. The number of nitrogens with one attached hydrogen (secondary N) is 1. The Hall–Kier alpha value is -3.21. The maximum atomic E-state index is 12.8. The molecule has 2 aromatic carbocycles. The molecule has 0 saturated carbocycles. The van der Waals surface area contributed by atoms with Crippen molar-refractivity contribution in [1.29, 1.82) is 0 Å². The van der Waals surface area contributed by atoms with E-state index >= 15 is 0 Å². The molecular formula is C22H23F3N4O3S. The van der Waals surface area contributed by atoms with Crippen LogP contribution in [0.4, 0.5) is 18.9 Å². The van der Waals surface area contributed by atoms with E-state index in [1.807, 2.05) is 18.4 Å². The highest BCUT2D eigenvalue weighted by Crippen LogP contribution is 2.31. The minimum atomic E-state index is -4.48. The van der Waals surface area contributed by atoms with Crippen molar-refractivity contribution in [3.63, 3.8) is 0 Å². The van der Waals surface area contributed by atoms with Crippen molar-refractivity contribution in [2.24, 2.45) is 0 Å². The number of carbonyl (C=O) groups is 1. The zero-order valence-corrected chi connectivity index (χ0v) is 19.0. The van der Waals surface area contributed by atoms with Crippen LogP contribution in [0.1, 0.15) is 31.3 Å². The van der Waals surface area contributed by atoms with Crippen LogP contribution in [-0.2, 0) is 17.5 Å². The van der Waals surface area contributed by atoms with Crippen LogP contribution >= 0.6 is 11.8 Å². The second-order valence-corrected chi connectivity index (χ2v) is 7.88. The molecule has 0 radical (unpaired) electrons. The van der Waals surface area contributed by atoms with Gasteiger partial charge in [0, 0.05) is 12.2 Å². The molecule has 3 rings (SSSR count). The van der Waals surface area contributed by atoms with Gasteiger partial charge in [-0.15, -0.1) is 10.2 Å². The number of benzene rings is 2. The third-order valence-electron chi connectivity index (χ3n) is 4.60. The summed E-state index contributed by atoms with van der Waals surface area (Å²) in [5.41, 5.74) is -0.747. The standard InChI is InChI=1S/C22H23F3N4O3S/c1-4-29-20(14(2)32-18-10-8-17(31-3)9-11-18)27-28-21(29)33-13-19(30)26-16-7-5-6-15(12-16)22(23,24)25/h5-12,14H,4,13H2,1-3H3,(H,26,30)/t14-/m0/s1. The SMILES string of the molecule is CCn1c(SCC(=O)Nc2cccc(C(F)(F)F)c2)nnc1[C@H](C)Oc1ccc(OC)cc1. The molecule has 0 unspecified atom stereocenters. The van der Waals surface area contributed by atoms with Crippen LogP contribution in [0.15, 0.2) is 53.7 Å². The number of anilines is 1. The fourth-order valence-corrected chi connectivity index (χ4v) is 3.83. The first-order valence-corrected chi connectivity index (χ1v) is 11.0. The van der Waals surface area contributed by atoms with Gasteiger partial charge in [-0.2, -0.15) is 13.2 Å². The molecule has 3 aromatic rings. The lowest BCUT2D eigenvalue weighted by Gasteiger charge is -2.16. The lowest BCUT2D eigenvalue weighted by atomic mass is 10.2. The van der Waals surface area contributed by atoms with E-state index in [2.05, 4.69) is 15.5 Å². The average Bonchev–Trinajstić information content (AvgIpc) is 3.21. The second-order valence-electron chi connectivity index (χ2n) is 6.94. The zero-order chi connectivity index (χ0) is 24.0. The molecule has 1 amide bonds. The topological polar surface area (TPSA) is 78.3 Å². The van der Waals surface area contributed by atoms with Crippen molar-refractivity contribution in [3.8, 4) is 11.5 Å². The van der Waals surface area contributed by atoms with Crippen molar-refractivity contribution >= 4 is 23.4 Å². The molecule has 1 heterocycles. The van der Waals surface area contributed by atoms with Gasteiger partial charge >= 0.3 is 6.18 Å². The van der Waals surface area contributed by atoms with Gasteiger partial charge in [-0.1, -0.05) is 17.8 Å². The first-order valence-electron chi connectivity index (χ1n) is 10.0. The van der Waals surface area contributed by atoms with Crippen molar-refractivity contribution in [2.45, 2.75) is 37.8 Å². The lowest BCUT2D eigenvalue weighted by Crippen LogP contribution is -2.16. The molecule has 0 fully saturated rings. The summed E-state index contributed by atoms with van der Waals surface area (Å²) in [5, 5.41) is 11.3. The van der Waals surface area contributed by atoms with Crippen LogP contribution in [0.3, 0.4) is 0 Å². The van der Waals surface area contributed by atoms with Crippen molar-refractivity contribution < 1.29 is 27.4 Å². The van der Waals surface area contributed by atoms with Gasteiger partial charge in [0.1, 0.15) is 11.5 Å². The van der Waals surface area contributed by atoms with Gasteiger partial charge in [-0.25, -0.2) is 0 Å². The number of hydrogen-bond donors (Lipinski definition) is 1. The smallest absolute Gasteiger partial charge is 0.416 e. The third-order valence-corrected chi connectivity index (χ3v) is 5.57. The van der Waals surface area contributed by atoms with Gasteiger partial charge in [0.25, 0.3) is 0 Å². The molecule has 0 aliphatic carbocycles. The number of amides is 1. The van der Waals surface area contributed by atoms with Crippen LogP contribution in [0.25, 0.3) is 0 Å². The van der Waals surface area contributed by atoms with Crippen LogP contribution < -0.4 is 14.8 Å². The van der Waals surface area contributed by atoms with Crippen LogP contribution in [-0.4, -0.2) is 33.5 Å². The summed E-state index contributed by atoms with van der Waals surface area (Å²) in [4.78, 5) is 12.3. The molecular weight excluding hydrogens is 457 g/mol. The lowest BCUT2D eigenvalue weighted by molar-refractivity contribution is -0.137. The molecule has 33 heavy (non-hydrogen) atoms. The molecule has 7 nitrogen and oxygen atoms in total. The Morgan fingerprint density at radius 2 is 1.85 bits per heavy atom. The normalized spacial score (nSPS) is 12.3. The molecule has 0 saturated heterocycles. The Balaban J connectivity index is 1.62. The summed E-state index contributed by atoms with van der Waals surface area (Å²) in [6.07, 6.45) is -4.88. The van der Waals surface area contributed by atoms with E-state index in [4.69, 9.17) is 9.47 Å². The van der Waals surface area contributed by atoms with Crippen LogP contribution in [0.2, 0.25) is 0 Å². The van der Waals surface area contributed by atoms with Gasteiger partial charge in [-0.3, -0.25) is 4.79 Å². The number of hydrogen-bond acceptors (Lipinski definition) is 6. The first-order chi connectivity index (χ1) is 15.7. The van der Waals surface area contributed by atoms with E-state index in [-0.39, 0.29) is 11.4 Å². The minimum absolute atomic E-state index is 0.0396. The molecule has 1 atom stereocenters. The summed E-state index contributed by atoms with van der Waals surface area (Å²) in [7, 11) is 1.58. The highest BCUT2D eigenvalue weighted by molar-refractivity contribution is 7.99. The molecule has 0 aliphatic heterocycles. The van der Waals surface area contributed by atoms with E-state index in [0.29, 0.717) is 29.0 Å². The Bertz CT molecular complexity index is 1090. The average molecular weight is 481 g/mol. The van der Waals surface area contributed by atoms with E-state index in [1.165, 1.54) is 12.1 Å². The van der Waals surface area contributed by atoms with Gasteiger partial charge in [0.15, 0.2) is 17.1 Å². The number of methoxy groups -OCH3 is 1. The van der Waals surface area contributed by atoms with E-state index in [1.54, 1.807) is 31.4 Å². The zero-order valence-electron chi connectivity index (χ0n) is 18.2. The second kappa shape index (κ2) is 10.6. The highest BCUT2D eigenvalue weighted by atomic mass is 32.2. The number of nitrogens with zero attached hydrogens (tertiary/aromatic N) is 3. The number of rotatable bonds is 9. The number of alkyl halides is 3. The summed E-state index contributed by atoms with van der Waals surface area (Å²) >= 11 is 1.14. The Morgan fingerprint density at radius 1 is 1.15 bits per heavy atom. The number of thioether (sulfide) groups is 1. The molecule has 0 aliphatic rings. The molecule has 1 N–H and O–H groups in total. The van der Waals surface area contributed by atoms with Crippen LogP contribution in [0.5, 0.6) is 11.5 Å². The van der Waals surface area contributed by atoms with Crippen molar-refractivity contribution in [2.75, 3.05) is 18.2 Å². The fraction of sp³-hybridized carbons (Fsp3) is 0.318. The first kappa shape index (κ1) is 24.4. The van der Waals surface area contributed by atoms with Gasteiger partial charge < -0.3 is 19.4 Å². The largest absolute Gasteiger partial charge is 0.497 e. The molecule has 1 aromatic heterocycles. The van der Waals surface area contributed by atoms with E-state index in [9.17, 15) is 18.0 Å². The molecule has 0 spiro atoms. The Labute approximate surface area is 193 Å². The maximum absolute atomic E-state index is 12.8.